The van der Waals surface area contributed by atoms with E-state index in [1.807, 2.05) is 12.1 Å². The Bertz CT molecular complexity index is 247. The highest BCUT2D eigenvalue weighted by atomic mass is 79.9. The summed E-state index contributed by atoms with van der Waals surface area (Å²) in [7, 11) is 1.73. The lowest BCUT2D eigenvalue weighted by Gasteiger charge is -2.11. The van der Waals surface area contributed by atoms with E-state index in [9.17, 15) is 0 Å². The molecule has 0 aliphatic carbocycles. The van der Waals surface area contributed by atoms with E-state index in [1.165, 1.54) is 5.56 Å². The van der Waals surface area contributed by atoms with Crippen molar-refractivity contribution in [1.82, 2.24) is 0 Å². The molecule has 0 N–H and O–H groups in total. The summed E-state index contributed by atoms with van der Waals surface area (Å²) in [4.78, 5) is 0. The molecule has 0 aromatic heterocycles. The van der Waals surface area contributed by atoms with Crippen molar-refractivity contribution in [3.05, 3.63) is 34.3 Å². The van der Waals surface area contributed by atoms with Gasteiger partial charge in [0.15, 0.2) is 0 Å². The second-order valence-electron chi connectivity index (χ2n) is 2.88. The molecule has 1 atom stereocenters. The highest BCUT2D eigenvalue weighted by Gasteiger charge is 2.07. The smallest absolute Gasteiger partial charge is 0.0528 e. The van der Waals surface area contributed by atoms with E-state index in [2.05, 4.69) is 35.0 Å². The predicted octanol–water partition coefficient (Wildman–Crippen LogP) is 3.20. The number of hydrogen-bond acceptors (Lipinski definition) is 1. The fraction of sp³-hybridized carbons (Fsp3) is 0.400. The fourth-order valence-corrected chi connectivity index (χ4v) is 1.89. The highest BCUT2D eigenvalue weighted by Crippen LogP contribution is 2.24. The summed E-state index contributed by atoms with van der Waals surface area (Å²) in [6.45, 7) is 2.92. The van der Waals surface area contributed by atoms with Crippen LogP contribution in [0.5, 0.6) is 0 Å². The molecule has 0 saturated carbocycles. The van der Waals surface area contributed by atoms with E-state index in [1.54, 1.807) is 7.11 Å². The topological polar surface area (TPSA) is 9.23 Å². The van der Waals surface area contributed by atoms with Gasteiger partial charge in [-0.3, -0.25) is 0 Å². The van der Waals surface area contributed by atoms with Gasteiger partial charge in [-0.2, -0.15) is 0 Å². The van der Waals surface area contributed by atoms with E-state index in [-0.39, 0.29) is 0 Å². The van der Waals surface area contributed by atoms with Gasteiger partial charge >= 0.3 is 0 Å². The minimum Gasteiger partial charge on any atom is -0.384 e. The van der Waals surface area contributed by atoms with Gasteiger partial charge in [0.2, 0.25) is 0 Å². The van der Waals surface area contributed by atoms with Gasteiger partial charge in [-0.1, -0.05) is 41.1 Å². The van der Waals surface area contributed by atoms with Crippen LogP contribution in [0.4, 0.5) is 0 Å². The lowest BCUT2D eigenvalue weighted by molar-refractivity contribution is 0.184. The van der Waals surface area contributed by atoms with E-state index < -0.39 is 0 Å². The molecular weight excluding hydrogens is 216 g/mol. The molecular formula is C10H13BrO. The third-order valence-corrected chi connectivity index (χ3v) is 2.57. The number of benzene rings is 1. The van der Waals surface area contributed by atoms with E-state index in [0.717, 1.165) is 11.1 Å². The molecule has 0 aliphatic heterocycles. The van der Waals surface area contributed by atoms with Gasteiger partial charge in [0.1, 0.15) is 0 Å². The Hall–Kier alpha value is -0.340. The summed E-state index contributed by atoms with van der Waals surface area (Å²) in [6, 6.07) is 8.24. The third kappa shape index (κ3) is 2.32. The van der Waals surface area contributed by atoms with E-state index in [4.69, 9.17) is 4.74 Å². The molecule has 66 valence electrons. The Morgan fingerprint density at radius 3 is 2.67 bits per heavy atom. The molecule has 0 aliphatic rings. The van der Waals surface area contributed by atoms with Gasteiger partial charge in [0.25, 0.3) is 0 Å². The monoisotopic (exact) mass is 228 g/mol. The SMILES string of the molecule is COCC(C)c1ccccc1Br. The molecule has 1 nitrogen and oxygen atoms in total. The standard InChI is InChI=1S/C10H13BrO/c1-8(7-12-2)9-5-3-4-6-10(9)11/h3-6,8H,7H2,1-2H3. The average Bonchev–Trinajstić information content (AvgIpc) is 2.05. The molecule has 0 amide bonds. The van der Waals surface area contributed by atoms with E-state index >= 15 is 0 Å². The Balaban J connectivity index is 2.79. The number of halogens is 1. The zero-order valence-electron chi connectivity index (χ0n) is 7.38. The second-order valence-corrected chi connectivity index (χ2v) is 3.73. The van der Waals surface area contributed by atoms with Gasteiger partial charge in [0.05, 0.1) is 6.61 Å². The molecule has 0 saturated heterocycles. The maximum absolute atomic E-state index is 5.09. The van der Waals surface area contributed by atoms with Crippen LogP contribution in [0.2, 0.25) is 0 Å². The summed E-state index contributed by atoms with van der Waals surface area (Å²) < 4.78 is 6.25. The molecule has 1 aromatic carbocycles. The van der Waals surface area contributed by atoms with Gasteiger partial charge in [-0.15, -0.1) is 0 Å². The van der Waals surface area contributed by atoms with Crippen molar-refractivity contribution in [2.24, 2.45) is 0 Å². The summed E-state index contributed by atoms with van der Waals surface area (Å²) in [5, 5.41) is 0. The van der Waals surface area contributed by atoms with Crippen LogP contribution in [0.3, 0.4) is 0 Å². The molecule has 0 radical (unpaired) electrons. The van der Waals surface area contributed by atoms with Gasteiger partial charge in [-0.25, -0.2) is 0 Å². The quantitative estimate of drug-likeness (QED) is 0.773. The first-order valence-corrected chi connectivity index (χ1v) is 4.78. The molecule has 12 heavy (non-hydrogen) atoms. The van der Waals surface area contributed by atoms with E-state index in [0.29, 0.717) is 5.92 Å². The van der Waals surface area contributed by atoms with Crippen LogP contribution in [0, 0.1) is 0 Å². The number of rotatable bonds is 3. The predicted molar refractivity (Wildman–Crippen MR) is 54.4 cm³/mol. The van der Waals surface area contributed by atoms with Crippen LogP contribution in [0.25, 0.3) is 0 Å². The summed E-state index contributed by atoms with van der Waals surface area (Å²) in [6.07, 6.45) is 0. The zero-order valence-corrected chi connectivity index (χ0v) is 8.97. The normalized spacial score (nSPS) is 12.9. The highest BCUT2D eigenvalue weighted by molar-refractivity contribution is 9.10. The van der Waals surface area contributed by atoms with Crippen molar-refractivity contribution in [1.29, 1.82) is 0 Å². The largest absolute Gasteiger partial charge is 0.384 e. The first-order valence-electron chi connectivity index (χ1n) is 3.99. The summed E-state index contributed by atoms with van der Waals surface area (Å²) in [5.41, 5.74) is 1.30. The zero-order chi connectivity index (χ0) is 8.97. The number of ether oxygens (including phenoxy) is 1. The number of hydrogen-bond donors (Lipinski definition) is 0. The Morgan fingerprint density at radius 1 is 1.42 bits per heavy atom. The maximum atomic E-state index is 5.09. The van der Waals surface area contributed by atoms with Crippen molar-refractivity contribution in [2.45, 2.75) is 12.8 Å². The van der Waals surface area contributed by atoms with Crippen LogP contribution in [0.15, 0.2) is 28.7 Å². The van der Waals surface area contributed by atoms with Gasteiger partial charge in [-0.05, 0) is 11.6 Å². The summed E-state index contributed by atoms with van der Waals surface area (Å²) in [5.74, 6) is 0.450. The number of methoxy groups -OCH3 is 1. The summed E-state index contributed by atoms with van der Waals surface area (Å²) >= 11 is 3.51. The minimum absolute atomic E-state index is 0.450. The molecule has 0 spiro atoms. The first-order chi connectivity index (χ1) is 5.75. The van der Waals surface area contributed by atoms with Crippen molar-refractivity contribution in [2.75, 3.05) is 13.7 Å². The van der Waals surface area contributed by atoms with Crippen LogP contribution >= 0.6 is 15.9 Å². The molecule has 2 heteroatoms. The lowest BCUT2D eigenvalue weighted by Crippen LogP contribution is -2.02. The Labute approximate surface area is 81.9 Å². The fourth-order valence-electron chi connectivity index (χ4n) is 1.21. The third-order valence-electron chi connectivity index (χ3n) is 1.85. The lowest BCUT2D eigenvalue weighted by atomic mass is 10.0. The van der Waals surface area contributed by atoms with Crippen molar-refractivity contribution >= 4 is 15.9 Å². The van der Waals surface area contributed by atoms with Crippen LogP contribution in [-0.4, -0.2) is 13.7 Å². The second kappa shape index (κ2) is 4.63. The molecule has 1 rings (SSSR count). The van der Waals surface area contributed by atoms with Crippen LogP contribution in [-0.2, 0) is 4.74 Å². The van der Waals surface area contributed by atoms with Crippen LogP contribution < -0.4 is 0 Å². The molecule has 1 unspecified atom stereocenters. The van der Waals surface area contributed by atoms with Crippen LogP contribution in [0.1, 0.15) is 18.4 Å². The Morgan fingerprint density at radius 2 is 2.08 bits per heavy atom. The molecule has 0 bridgehead atoms. The van der Waals surface area contributed by atoms with Crippen molar-refractivity contribution in [3.63, 3.8) is 0 Å². The molecule has 0 fully saturated rings. The van der Waals surface area contributed by atoms with Crippen molar-refractivity contribution in [3.8, 4) is 0 Å². The first kappa shape index (κ1) is 9.75. The Kier molecular flexibility index (Phi) is 3.76. The molecule has 0 heterocycles. The maximum Gasteiger partial charge on any atom is 0.0528 e. The minimum atomic E-state index is 0.450. The van der Waals surface area contributed by atoms with Gasteiger partial charge in [0, 0.05) is 17.5 Å². The molecule has 1 aromatic rings. The van der Waals surface area contributed by atoms with Crippen molar-refractivity contribution < 1.29 is 4.74 Å². The van der Waals surface area contributed by atoms with Gasteiger partial charge < -0.3 is 4.74 Å². The average molecular weight is 229 g/mol.